The molecule has 3 aliphatic rings. The molecule has 9 heteroatoms. The van der Waals surface area contributed by atoms with Gasteiger partial charge in [0, 0.05) is 68.3 Å². The minimum absolute atomic E-state index is 0.169. The Hall–Kier alpha value is -3.72. The molecule has 2 fully saturated rings. The van der Waals surface area contributed by atoms with E-state index in [9.17, 15) is 4.79 Å². The zero-order valence-electron chi connectivity index (χ0n) is 23.5. The lowest BCUT2D eigenvalue weighted by atomic mass is 10.00. The molecule has 1 aromatic carbocycles. The number of piperazine rings is 1. The van der Waals surface area contributed by atoms with Crippen LogP contribution in [0.25, 0.3) is 0 Å². The van der Waals surface area contributed by atoms with E-state index in [1.807, 2.05) is 26.0 Å². The van der Waals surface area contributed by atoms with Crippen LogP contribution in [0.1, 0.15) is 56.8 Å². The number of allylic oxidation sites excluding steroid dienone is 1. The molecule has 3 heterocycles. The number of aliphatic imine (C=N–C) groups is 1. The number of nitrogens with one attached hydrogen (secondary N) is 4. The van der Waals surface area contributed by atoms with Gasteiger partial charge < -0.3 is 26.2 Å². The smallest absolute Gasteiger partial charge is 0.256 e. The van der Waals surface area contributed by atoms with Crippen LogP contribution in [0.2, 0.25) is 0 Å². The first-order valence-corrected chi connectivity index (χ1v) is 14.3. The Balaban J connectivity index is 0.00000172. The van der Waals surface area contributed by atoms with E-state index >= 15 is 0 Å². The van der Waals surface area contributed by atoms with Gasteiger partial charge in [-0.3, -0.25) is 9.79 Å². The maximum absolute atomic E-state index is 12.8. The van der Waals surface area contributed by atoms with Crippen molar-refractivity contribution in [3.05, 3.63) is 60.3 Å². The number of aromatic nitrogens is 2. The number of nitrogens with zero attached hydrogens (tertiary/aromatic N) is 4. The molecule has 1 saturated carbocycles. The molecular weight excluding hydrogens is 488 g/mol. The third-order valence-corrected chi connectivity index (χ3v) is 7.20. The van der Waals surface area contributed by atoms with Crippen molar-refractivity contribution in [3.63, 3.8) is 0 Å². The van der Waals surface area contributed by atoms with Gasteiger partial charge in [0.25, 0.3) is 5.91 Å². The fraction of sp³-hybridized carbons (Fsp3) is 0.467. The van der Waals surface area contributed by atoms with Crippen molar-refractivity contribution in [2.75, 3.05) is 48.3 Å². The number of fused-ring (bicyclic) bond motifs is 1. The molecule has 4 N–H and O–H groups in total. The molecule has 2 aliphatic heterocycles. The quantitative estimate of drug-likeness (QED) is 0.342. The second-order valence-corrected chi connectivity index (χ2v) is 9.65. The third-order valence-electron chi connectivity index (χ3n) is 7.20. The van der Waals surface area contributed by atoms with Gasteiger partial charge in [0.15, 0.2) is 0 Å². The summed E-state index contributed by atoms with van der Waals surface area (Å²) in [6.07, 6.45) is 9.46. The van der Waals surface area contributed by atoms with Crippen LogP contribution in [0.5, 0.6) is 0 Å². The number of carbonyl (C=O) groups is 1. The molecule has 1 amide bonds. The van der Waals surface area contributed by atoms with Crippen molar-refractivity contribution in [1.82, 2.24) is 20.6 Å². The molecule has 0 radical (unpaired) electrons. The zero-order valence-corrected chi connectivity index (χ0v) is 23.5. The van der Waals surface area contributed by atoms with Gasteiger partial charge in [0.05, 0.1) is 0 Å². The van der Waals surface area contributed by atoms with E-state index in [0.717, 1.165) is 57.5 Å². The Morgan fingerprint density at radius 2 is 1.97 bits per heavy atom. The third kappa shape index (κ3) is 7.03. The summed E-state index contributed by atoms with van der Waals surface area (Å²) < 4.78 is 0. The lowest BCUT2D eigenvalue weighted by Crippen LogP contribution is -2.43. The van der Waals surface area contributed by atoms with Crippen molar-refractivity contribution in [3.8, 4) is 0 Å². The summed E-state index contributed by atoms with van der Waals surface area (Å²) in [5.74, 6) is 1.15. The highest BCUT2D eigenvalue weighted by molar-refractivity contribution is 6.04. The van der Waals surface area contributed by atoms with Crippen LogP contribution < -0.4 is 26.2 Å². The molecule has 1 saturated heterocycles. The van der Waals surface area contributed by atoms with Crippen LogP contribution in [0.15, 0.2) is 59.8 Å². The highest BCUT2D eigenvalue weighted by Crippen LogP contribution is 2.34. The normalized spacial score (nSPS) is 20.0. The van der Waals surface area contributed by atoms with Gasteiger partial charge in [0.1, 0.15) is 17.5 Å². The number of rotatable bonds is 9. The molecule has 39 heavy (non-hydrogen) atoms. The summed E-state index contributed by atoms with van der Waals surface area (Å²) in [7, 11) is 0. The number of hydrogen-bond donors (Lipinski definition) is 4. The van der Waals surface area contributed by atoms with E-state index in [4.69, 9.17) is 9.98 Å². The van der Waals surface area contributed by atoms with Crippen molar-refractivity contribution in [2.24, 2.45) is 10.9 Å². The Labute approximate surface area is 232 Å². The summed E-state index contributed by atoms with van der Waals surface area (Å²) in [6.45, 7) is 14.3. The Morgan fingerprint density at radius 3 is 2.69 bits per heavy atom. The molecule has 2 unspecified atom stereocenters. The summed E-state index contributed by atoms with van der Waals surface area (Å²) in [5.41, 5.74) is 5.06. The van der Waals surface area contributed by atoms with Gasteiger partial charge in [-0.15, -0.1) is 6.58 Å². The fourth-order valence-electron chi connectivity index (χ4n) is 5.16. The maximum atomic E-state index is 12.8. The molecule has 0 spiro atoms. The summed E-state index contributed by atoms with van der Waals surface area (Å²) in [6, 6.07) is 8.28. The largest absolute Gasteiger partial charge is 0.369 e. The van der Waals surface area contributed by atoms with Gasteiger partial charge in [-0.1, -0.05) is 32.9 Å². The molecule has 1 aliphatic carbocycles. The monoisotopic (exact) mass is 530 g/mol. The van der Waals surface area contributed by atoms with Crippen molar-refractivity contribution < 1.29 is 4.79 Å². The van der Waals surface area contributed by atoms with Gasteiger partial charge >= 0.3 is 0 Å². The second kappa shape index (κ2) is 13.9. The number of dihydropyridines is 1. The second-order valence-electron chi connectivity index (χ2n) is 9.65. The zero-order chi connectivity index (χ0) is 27.6. The molecule has 0 bridgehead atoms. The minimum atomic E-state index is -0.249. The van der Waals surface area contributed by atoms with E-state index < -0.39 is 0 Å². The minimum Gasteiger partial charge on any atom is -0.369 e. The standard InChI is InChI=1S/C28H36N8O.C2H6/c1-3-13-30-27(37)23-18-31-28(32-21-8-10-22(11-9-21)36-16-14-29-15-17-36)35-26(23)34-24-12-7-20-6-5-19(4-2)25(20)33-24;1-2/h3,7-11,18-19,24,29H,1,4-6,12-17H2,2H3,(H,30,37)(H2,31,32,34,35);1-2H3. The van der Waals surface area contributed by atoms with Crippen LogP contribution in [0.3, 0.4) is 0 Å². The predicted molar refractivity (Wildman–Crippen MR) is 161 cm³/mol. The molecule has 2 aromatic rings. The molecule has 2 atom stereocenters. The summed E-state index contributed by atoms with van der Waals surface area (Å²) in [4.78, 5) is 29.4. The first-order valence-electron chi connectivity index (χ1n) is 14.3. The lowest BCUT2D eigenvalue weighted by molar-refractivity contribution is 0.0958. The van der Waals surface area contributed by atoms with Gasteiger partial charge in [0.2, 0.25) is 5.95 Å². The number of amides is 1. The van der Waals surface area contributed by atoms with E-state index in [0.29, 0.717) is 29.8 Å². The van der Waals surface area contributed by atoms with Gasteiger partial charge in [-0.2, -0.15) is 4.98 Å². The Bertz CT molecular complexity index is 1180. The van der Waals surface area contributed by atoms with Crippen molar-refractivity contribution in [2.45, 2.75) is 52.6 Å². The van der Waals surface area contributed by atoms with E-state index in [-0.39, 0.29) is 12.1 Å². The number of benzene rings is 1. The first-order chi connectivity index (χ1) is 19.1. The van der Waals surface area contributed by atoms with Gasteiger partial charge in [-0.25, -0.2) is 4.98 Å². The van der Waals surface area contributed by atoms with Crippen molar-refractivity contribution in [1.29, 1.82) is 0 Å². The van der Waals surface area contributed by atoms with E-state index in [1.165, 1.54) is 17.0 Å². The number of carbonyl (C=O) groups excluding carboxylic acids is 1. The number of hydrogen-bond acceptors (Lipinski definition) is 8. The summed E-state index contributed by atoms with van der Waals surface area (Å²) in [5, 5.41) is 12.9. The average Bonchev–Trinajstić information content (AvgIpc) is 3.40. The van der Waals surface area contributed by atoms with Crippen molar-refractivity contribution >= 4 is 34.8 Å². The Morgan fingerprint density at radius 1 is 1.21 bits per heavy atom. The molecular formula is C30H42N8O. The van der Waals surface area contributed by atoms with E-state index in [2.05, 4.69) is 62.9 Å². The van der Waals surface area contributed by atoms with Crippen LogP contribution >= 0.6 is 0 Å². The van der Waals surface area contributed by atoms with Gasteiger partial charge in [-0.05, 0) is 49.1 Å². The predicted octanol–water partition coefficient (Wildman–Crippen LogP) is 4.90. The van der Waals surface area contributed by atoms with E-state index in [1.54, 1.807) is 12.3 Å². The highest BCUT2D eigenvalue weighted by Gasteiger charge is 2.29. The van der Waals surface area contributed by atoms with Crippen LogP contribution in [-0.4, -0.2) is 60.5 Å². The SMILES string of the molecule is C=CCNC(=O)c1cnc(Nc2ccc(N3CCNCC3)cc2)nc1NC1CC=C2CCC(CC)C2=N1.CC. The number of anilines is 4. The van der Waals surface area contributed by atoms with Crippen LogP contribution in [0, 0.1) is 5.92 Å². The summed E-state index contributed by atoms with van der Waals surface area (Å²) >= 11 is 0. The maximum Gasteiger partial charge on any atom is 0.256 e. The lowest BCUT2D eigenvalue weighted by Gasteiger charge is -2.29. The molecule has 1 aromatic heterocycles. The highest BCUT2D eigenvalue weighted by atomic mass is 16.1. The fourth-order valence-corrected chi connectivity index (χ4v) is 5.16. The molecule has 208 valence electrons. The topological polar surface area (TPSA) is 107 Å². The van der Waals surface area contributed by atoms with Crippen LogP contribution in [-0.2, 0) is 0 Å². The first kappa shape index (κ1) is 28.3. The van der Waals surface area contributed by atoms with Crippen LogP contribution in [0.4, 0.5) is 23.1 Å². The average molecular weight is 531 g/mol. The molecule has 9 nitrogen and oxygen atoms in total. The molecule has 5 rings (SSSR count). The Kier molecular flexibility index (Phi) is 10.1.